The van der Waals surface area contributed by atoms with Crippen molar-refractivity contribution in [1.82, 2.24) is 14.6 Å². The largest absolute Gasteiger partial charge is 0.494 e. The maximum absolute atomic E-state index is 13.1. The van der Waals surface area contributed by atoms with Gasteiger partial charge in [-0.05, 0) is 78.8 Å². The van der Waals surface area contributed by atoms with Crippen molar-refractivity contribution in [2.45, 2.75) is 36.6 Å². The van der Waals surface area contributed by atoms with Gasteiger partial charge in [0.2, 0.25) is 0 Å². The van der Waals surface area contributed by atoms with Crippen LogP contribution in [0.3, 0.4) is 0 Å². The van der Waals surface area contributed by atoms with Gasteiger partial charge < -0.3 is 4.74 Å². The molecule has 1 aliphatic rings. The first kappa shape index (κ1) is 23.4. The molecule has 0 aliphatic carbocycles. The molecule has 174 valence electrons. The number of pyridine rings is 1. The lowest BCUT2D eigenvalue weighted by molar-refractivity contribution is -0.200. The molecule has 2 aromatic carbocycles. The number of nitrogens with zero attached hydrogens (tertiary/aromatic N) is 3. The van der Waals surface area contributed by atoms with Gasteiger partial charge in [-0.3, -0.25) is 9.82 Å². The average Bonchev–Trinajstić information content (AvgIpc) is 3.31. The summed E-state index contributed by atoms with van der Waals surface area (Å²) in [6.45, 7) is 1.20. The van der Waals surface area contributed by atoms with Crippen LogP contribution in [0.15, 0.2) is 83.9 Å². The predicted molar refractivity (Wildman–Crippen MR) is 127 cm³/mol. The first-order valence-corrected chi connectivity index (χ1v) is 12.6. The Morgan fingerprint density at radius 1 is 1.03 bits per heavy atom. The van der Waals surface area contributed by atoms with Gasteiger partial charge in [0.25, 0.3) is 10.0 Å². The van der Waals surface area contributed by atoms with Gasteiger partial charge in [0.05, 0.1) is 24.3 Å². The van der Waals surface area contributed by atoms with E-state index in [1.807, 2.05) is 47.5 Å². The summed E-state index contributed by atoms with van der Waals surface area (Å²) >= 11 is 0. The van der Waals surface area contributed by atoms with E-state index >= 15 is 0 Å². The highest BCUT2D eigenvalue weighted by Gasteiger charge is 2.37. The van der Waals surface area contributed by atoms with E-state index in [0.717, 1.165) is 47.3 Å². The summed E-state index contributed by atoms with van der Waals surface area (Å²) in [6.07, 6.45) is 5.25. The van der Waals surface area contributed by atoms with Gasteiger partial charge in [0, 0.05) is 24.3 Å². The Hall–Kier alpha value is -2.78. The molecular formula is C25H29N3O4S. The third kappa shape index (κ3) is 5.59. The van der Waals surface area contributed by atoms with Crippen molar-refractivity contribution in [2.75, 3.05) is 20.3 Å². The van der Waals surface area contributed by atoms with Gasteiger partial charge in [-0.25, -0.2) is 13.4 Å². The summed E-state index contributed by atoms with van der Waals surface area (Å²) < 4.78 is 33.1. The molecule has 1 saturated heterocycles. The van der Waals surface area contributed by atoms with Crippen molar-refractivity contribution >= 4 is 10.0 Å². The second-order valence-electron chi connectivity index (χ2n) is 7.90. The molecule has 1 fully saturated rings. The second-order valence-corrected chi connectivity index (χ2v) is 9.63. The molecule has 8 heteroatoms. The minimum Gasteiger partial charge on any atom is -0.494 e. The van der Waals surface area contributed by atoms with Crippen LogP contribution in [0.1, 0.15) is 25.7 Å². The van der Waals surface area contributed by atoms with Crippen LogP contribution in [0.5, 0.6) is 5.75 Å². The Bertz CT molecular complexity index is 1110. The van der Waals surface area contributed by atoms with Crippen LogP contribution < -0.4 is 4.74 Å². The first-order chi connectivity index (χ1) is 16.1. The highest BCUT2D eigenvalue weighted by atomic mass is 32.2. The Morgan fingerprint density at radius 3 is 2.48 bits per heavy atom. The normalized spacial score (nSPS) is 16.8. The van der Waals surface area contributed by atoms with Crippen molar-refractivity contribution in [1.29, 1.82) is 0 Å². The number of sulfonamides is 1. The lowest BCUT2D eigenvalue weighted by Crippen LogP contribution is -2.48. The zero-order chi connectivity index (χ0) is 23.1. The molecule has 1 atom stereocenters. The topological polar surface area (TPSA) is 72.0 Å². The number of hydrogen-bond donors (Lipinski definition) is 0. The van der Waals surface area contributed by atoms with Crippen LogP contribution in [0.2, 0.25) is 0 Å². The van der Waals surface area contributed by atoms with Crippen LogP contribution in [-0.2, 0) is 14.9 Å². The van der Waals surface area contributed by atoms with E-state index in [2.05, 4.69) is 4.98 Å². The van der Waals surface area contributed by atoms with E-state index in [0.29, 0.717) is 13.2 Å². The van der Waals surface area contributed by atoms with E-state index in [1.54, 1.807) is 36.5 Å². The number of aromatic nitrogens is 1. The standard InChI is InChI=1S/C25H29N3O4S/c1-31-28(33(29,30)24-11-3-2-4-12-24)27-19-7-9-22(27)10-8-20-32-23-16-14-21(15-17-23)25-13-5-6-18-26-25/h2-6,11-18,22H,7-10,19-20H2,1H3/t22-/m1/s1. The quantitative estimate of drug-likeness (QED) is 0.322. The molecular weight excluding hydrogens is 438 g/mol. The lowest BCUT2D eigenvalue weighted by atomic mass is 10.1. The molecule has 0 amide bonds. The maximum Gasteiger partial charge on any atom is 0.279 e. The number of benzene rings is 2. The Labute approximate surface area is 195 Å². The molecule has 0 spiro atoms. The molecule has 1 aromatic heterocycles. The van der Waals surface area contributed by atoms with Crippen molar-refractivity contribution in [3.05, 3.63) is 79.0 Å². The molecule has 1 aliphatic heterocycles. The molecule has 7 nitrogen and oxygen atoms in total. The summed E-state index contributed by atoms with van der Waals surface area (Å²) in [7, 11) is -2.37. The fourth-order valence-corrected chi connectivity index (χ4v) is 5.49. The van der Waals surface area contributed by atoms with Crippen molar-refractivity contribution in [3.63, 3.8) is 0 Å². The van der Waals surface area contributed by atoms with Crippen LogP contribution >= 0.6 is 0 Å². The summed E-state index contributed by atoms with van der Waals surface area (Å²) in [6, 6.07) is 22.2. The highest BCUT2D eigenvalue weighted by Crippen LogP contribution is 2.28. The number of hydrazine groups is 1. The van der Waals surface area contributed by atoms with Gasteiger partial charge in [-0.2, -0.15) is 0 Å². The third-order valence-corrected chi connectivity index (χ3v) is 7.36. The third-order valence-electron chi connectivity index (χ3n) is 5.72. The molecule has 3 aromatic rings. The Kier molecular flexibility index (Phi) is 7.72. The maximum atomic E-state index is 13.1. The monoisotopic (exact) mass is 467 g/mol. The van der Waals surface area contributed by atoms with Gasteiger partial charge in [-0.1, -0.05) is 24.3 Å². The molecule has 0 N–H and O–H groups in total. The minimum atomic E-state index is -3.77. The van der Waals surface area contributed by atoms with E-state index in [4.69, 9.17) is 9.57 Å². The van der Waals surface area contributed by atoms with E-state index in [1.165, 1.54) is 7.11 Å². The molecule has 33 heavy (non-hydrogen) atoms. The summed E-state index contributed by atoms with van der Waals surface area (Å²) in [5.41, 5.74) is 1.97. The van der Waals surface area contributed by atoms with E-state index < -0.39 is 10.0 Å². The predicted octanol–water partition coefficient (Wildman–Crippen LogP) is 4.54. The fourth-order valence-electron chi connectivity index (χ4n) is 4.12. The van der Waals surface area contributed by atoms with Crippen LogP contribution in [0.4, 0.5) is 0 Å². The van der Waals surface area contributed by atoms with Crippen molar-refractivity contribution < 1.29 is 18.0 Å². The molecule has 4 rings (SSSR count). The van der Waals surface area contributed by atoms with Crippen LogP contribution in [0, 0.1) is 0 Å². The lowest BCUT2D eigenvalue weighted by Gasteiger charge is -2.32. The Morgan fingerprint density at radius 2 is 1.79 bits per heavy atom. The minimum absolute atomic E-state index is 0.0820. The van der Waals surface area contributed by atoms with Gasteiger partial charge in [-0.15, -0.1) is 0 Å². The smallest absolute Gasteiger partial charge is 0.279 e. The molecule has 0 bridgehead atoms. The highest BCUT2D eigenvalue weighted by molar-refractivity contribution is 7.89. The molecule has 0 unspecified atom stereocenters. The van der Waals surface area contributed by atoms with Gasteiger partial charge in [0.1, 0.15) is 5.75 Å². The Balaban J connectivity index is 1.31. The zero-order valence-electron chi connectivity index (χ0n) is 18.7. The van der Waals surface area contributed by atoms with E-state index in [9.17, 15) is 8.42 Å². The second kappa shape index (κ2) is 10.9. The summed E-state index contributed by atoms with van der Waals surface area (Å²) in [5, 5.41) is 1.82. The van der Waals surface area contributed by atoms with Crippen molar-refractivity contribution in [2.24, 2.45) is 0 Å². The number of ether oxygens (including phenoxy) is 1. The number of rotatable bonds is 10. The van der Waals surface area contributed by atoms with Crippen LogP contribution in [0.25, 0.3) is 11.3 Å². The molecule has 0 saturated carbocycles. The fraction of sp³-hybridized carbons (Fsp3) is 0.320. The van der Waals surface area contributed by atoms with Gasteiger partial charge >= 0.3 is 0 Å². The van der Waals surface area contributed by atoms with Crippen molar-refractivity contribution in [3.8, 4) is 17.0 Å². The number of hydrogen-bond acceptors (Lipinski definition) is 6. The zero-order valence-corrected chi connectivity index (χ0v) is 19.5. The molecule has 0 radical (unpaired) electrons. The average molecular weight is 468 g/mol. The first-order valence-electron chi connectivity index (χ1n) is 11.1. The molecule has 2 heterocycles. The SMILES string of the molecule is CON(N1CCC[C@@H]1CCCOc1ccc(-c2ccccn2)cc1)S(=O)(=O)c1ccccc1. The summed E-state index contributed by atoms with van der Waals surface area (Å²) in [5.74, 6) is 0.808. The van der Waals surface area contributed by atoms with Crippen LogP contribution in [-0.4, -0.2) is 49.3 Å². The van der Waals surface area contributed by atoms with Gasteiger partial charge in [0.15, 0.2) is 0 Å². The van der Waals surface area contributed by atoms with E-state index in [-0.39, 0.29) is 10.9 Å². The summed E-state index contributed by atoms with van der Waals surface area (Å²) in [4.78, 5) is 9.92.